The van der Waals surface area contributed by atoms with Crippen molar-refractivity contribution in [3.05, 3.63) is 95.1 Å². The van der Waals surface area contributed by atoms with Gasteiger partial charge in [0.1, 0.15) is 18.9 Å². The molecule has 0 spiro atoms. The van der Waals surface area contributed by atoms with Gasteiger partial charge in [0.2, 0.25) is 0 Å². The van der Waals surface area contributed by atoms with E-state index in [4.69, 9.17) is 0 Å². The van der Waals surface area contributed by atoms with Crippen LogP contribution in [0.1, 0.15) is 54.5 Å². The van der Waals surface area contributed by atoms with Gasteiger partial charge < -0.3 is 9.47 Å². The Morgan fingerprint density at radius 3 is 2.43 bits per heavy atom. The summed E-state index contributed by atoms with van der Waals surface area (Å²) in [5, 5.41) is 0. The summed E-state index contributed by atoms with van der Waals surface area (Å²) in [5.74, 6) is 0.690. The SMILES string of the molecule is Cc1ccc(Cn2cccc2C[NH+](Cc2ccccc2F)CC2CCCCC2)cc1. The molecule has 1 fully saturated rings. The first-order chi connectivity index (χ1) is 14.7. The van der Waals surface area contributed by atoms with E-state index in [0.717, 1.165) is 37.7 Å². The standard InChI is InChI=1S/C27H33FN2/c1-22-13-15-24(16-14-22)19-30-17-7-11-26(30)21-29(18-23-8-3-2-4-9-23)20-25-10-5-6-12-27(25)28/h5-7,10-17,23H,2-4,8-9,18-21H2,1H3/p+1. The van der Waals surface area contributed by atoms with Crippen LogP contribution in [0, 0.1) is 18.7 Å². The van der Waals surface area contributed by atoms with E-state index in [1.807, 2.05) is 12.1 Å². The zero-order valence-electron chi connectivity index (χ0n) is 18.1. The first kappa shape index (κ1) is 20.9. The maximum absolute atomic E-state index is 14.4. The topological polar surface area (TPSA) is 9.37 Å². The molecular formula is C27H34FN2+. The van der Waals surface area contributed by atoms with Crippen LogP contribution in [0.15, 0.2) is 66.9 Å². The van der Waals surface area contributed by atoms with E-state index >= 15 is 0 Å². The van der Waals surface area contributed by atoms with Gasteiger partial charge in [-0.1, -0.05) is 67.3 Å². The first-order valence-electron chi connectivity index (χ1n) is 11.4. The monoisotopic (exact) mass is 405 g/mol. The summed E-state index contributed by atoms with van der Waals surface area (Å²) in [7, 11) is 0. The van der Waals surface area contributed by atoms with E-state index in [2.05, 4.69) is 54.1 Å². The lowest BCUT2D eigenvalue weighted by Crippen LogP contribution is -3.10. The average molecular weight is 406 g/mol. The quantitative estimate of drug-likeness (QED) is 0.531. The number of aryl methyl sites for hydroxylation is 1. The molecule has 1 atom stereocenters. The number of halogens is 1. The molecule has 1 aliphatic carbocycles. The zero-order valence-corrected chi connectivity index (χ0v) is 18.1. The van der Waals surface area contributed by atoms with Gasteiger partial charge in [-0.2, -0.15) is 0 Å². The molecule has 1 aliphatic rings. The van der Waals surface area contributed by atoms with Crippen molar-refractivity contribution in [2.45, 2.75) is 58.7 Å². The molecule has 2 aromatic carbocycles. The second-order valence-electron chi connectivity index (χ2n) is 9.02. The van der Waals surface area contributed by atoms with Crippen LogP contribution in [0.25, 0.3) is 0 Å². The van der Waals surface area contributed by atoms with Crippen LogP contribution in [0.2, 0.25) is 0 Å². The summed E-state index contributed by atoms with van der Waals surface area (Å²) in [6, 6.07) is 20.4. The largest absolute Gasteiger partial charge is 0.342 e. The molecule has 158 valence electrons. The number of nitrogens with zero attached hydrogens (tertiary/aromatic N) is 1. The minimum absolute atomic E-state index is 0.0753. The molecular weight excluding hydrogens is 371 g/mol. The molecule has 0 saturated heterocycles. The maximum atomic E-state index is 14.4. The second-order valence-corrected chi connectivity index (χ2v) is 9.02. The van der Waals surface area contributed by atoms with Crippen LogP contribution in [0.5, 0.6) is 0 Å². The Hall–Kier alpha value is -2.39. The fourth-order valence-corrected chi connectivity index (χ4v) is 4.83. The molecule has 0 aliphatic heterocycles. The number of hydrogen-bond donors (Lipinski definition) is 1. The average Bonchev–Trinajstić information content (AvgIpc) is 3.18. The summed E-state index contributed by atoms with van der Waals surface area (Å²) in [6.45, 7) is 5.83. The molecule has 30 heavy (non-hydrogen) atoms. The third-order valence-corrected chi connectivity index (χ3v) is 6.53. The van der Waals surface area contributed by atoms with Gasteiger partial charge in [0, 0.05) is 24.2 Å². The van der Waals surface area contributed by atoms with Gasteiger partial charge in [-0.25, -0.2) is 4.39 Å². The first-order valence-corrected chi connectivity index (χ1v) is 11.4. The van der Waals surface area contributed by atoms with Crippen molar-refractivity contribution in [1.29, 1.82) is 0 Å². The number of nitrogens with one attached hydrogen (secondary N) is 1. The van der Waals surface area contributed by atoms with Gasteiger partial charge in [0.25, 0.3) is 0 Å². The molecule has 1 unspecified atom stereocenters. The third kappa shape index (κ3) is 5.60. The zero-order chi connectivity index (χ0) is 20.8. The van der Waals surface area contributed by atoms with Crippen LogP contribution < -0.4 is 4.90 Å². The molecule has 0 radical (unpaired) electrons. The minimum Gasteiger partial charge on any atom is -0.342 e. The summed E-state index contributed by atoms with van der Waals surface area (Å²) < 4.78 is 16.7. The Kier molecular flexibility index (Phi) is 7.01. The van der Waals surface area contributed by atoms with Crippen molar-refractivity contribution in [2.75, 3.05) is 6.54 Å². The molecule has 2 nitrogen and oxygen atoms in total. The summed E-state index contributed by atoms with van der Waals surface area (Å²) in [5.41, 5.74) is 4.78. The van der Waals surface area contributed by atoms with Crippen molar-refractivity contribution in [3.8, 4) is 0 Å². The maximum Gasteiger partial charge on any atom is 0.132 e. The summed E-state index contributed by atoms with van der Waals surface area (Å²) >= 11 is 0. The third-order valence-electron chi connectivity index (χ3n) is 6.53. The Bertz CT molecular complexity index is 922. The number of aromatic nitrogens is 1. The van der Waals surface area contributed by atoms with E-state index in [9.17, 15) is 4.39 Å². The van der Waals surface area contributed by atoms with Gasteiger partial charge in [0.15, 0.2) is 0 Å². The van der Waals surface area contributed by atoms with Gasteiger partial charge in [0.05, 0.1) is 12.2 Å². The van der Waals surface area contributed by atoms with E-state index in [0.29, 0.717) is 0 Å². The Labute approximate surface area is 180 Å². The minimum atomic E-state index is -0.0753. The van der Waals surface area contributed by atoms with Crippen LogP contribution in [-0.2, 0) is 19.6 Å². The van der Waals surface area contributed by atoms with Crippen molar-refractivity contribution >= 4 is 0 Å². The molecule has 1 aromatic heterocycles. The molecule has 0 bridgehead atoms. The number of benzene rings is 2. The van der Waals surface area contributed by atoms with Crippen molar-refractivity contribution in [1.82, 2.24) is 4.57 Å². The highest BCUT2D eigenvalue weighted by Gasteiger charge is 2.22. The molecule has 1 N–H and O–H groups in total. The number of quaternary nitrogens is 1. The van der Waals surface area contributed by atoms with Crippen molar-refractivity contribution in [2.24, 2.45) is 5.92 Å². The smallest absolute Gasteiger partial charge is 0.132 e. The fourth-order valence-electron chi connectivity index (χ4n) is 4.83. The molecule has 3 heteroatoms. The second kappa shape index (κ2) is 10.1. The van der Waals surface area contributed by atoms with Crippen LogP contribution >= 0.6 is 0 Å². The molecule has 3 aromatic rings. The lowest BCUT2D eigenvalue weighted by atomic mass is 9.89. The predicted octanol–water partition coefficient (Wildman–Crippen LogP) is 5.15. The fraction of sp³-hybridized carbons (Fsp3) is 0.407. The molecule has 4 rings (SSSR count). The summed E-state index contributed by atoms with van der Waals surface area (Å²) in [6.07, 6.45) is 8.90. The lowest BCUT2D eigenvalue weighted by Gasteiger charge is -2.28. The van der Waals surface area contributed by atoms with Crippen LogP contribution in [-0.4, -0.2) is 11.1 Å². The highest BCUT2D eigenvalue weighted by atomic mass is 19.1. The molecule has 1 heterocycles. The molecule has 0 amide bonds. The van der Waals surface area contributed by atoms with E-state index in [1.54, 1.807) is 12.1 Å². The Morgan fingerprint density at radius 1 is 0.900 bits per heavy atom. The normalized spacial score (nSPS) is 15.9. The van der Waals surface area contributed by atoms with Gasteiger partial charge in [-0.05, 0) is 43.5 Å². The Morgan fingerprint density at radius 2 is 1.67 bits per heavy atom. The number of hydrogen-bond acceptors (Lipinski definition) is 0. The van der Waals surface area contributed by atoms with Crippen molar-refractivity contribution < 1.29 is 9.29 Å². The van der Waals surface area contributed by atoms with Crippen LogP contribution in [0.4, 0.5) is 4.39 Å². The van der Waals surface area contributed by atoms with Crippen molar-refractivity contribution in [3.63, 3.8) is 0 Å². The van der Waals surface area contributed by atoms with E-state index in [-0.39, 0.29) is 5.82 Å². The highest BCUT2D eigenvalue weighted by molar-refractivity contribution is 5.22. The van der Waals surface area contributed by atoms with E-state index in [1.165, 1.54) is 53.8 Å². The van der Waals surface area contributed by atoms with Crippen LogP contribution in [0.3, 0.4) is 0 Å². The van der Waals surface area contributed by atoms with Gasteiger partial charge in [-0.15, -0.1) is 0 Å². The lowest BCUT2D eigenvalue weighted by molar-refractivity contribution is -0.931. The van der Waals surface area contributed by atoms with E-state index < -0.39 is 0 Å². The van der Waals surface area contributed by atoms with Gasteiger partial charge in [-0.3, -0.25) is 0 Å². The predicted molar refractivity (Wildman–Crippen MR) is 121 cm³/mol. The Balaban J connectivity index is 1.50. The highest BCUT2D eigenvalue weighted by Crippen LogP contribution is 2.22. The summed E-state index contributed by atoms with van der Waals surface area (Å²) in [4.78, 5) is 1.47. The van der Waals surface area contributed by atoms with Gasteiger partial charge >= 0.3 is 0 Å². The molecule has 1 saturated carbocycles. The number of rotatable bonds is 8.